The average molecular weight is 606 g/mol. The van der Waals surface area contributed by atoms with Crippen LogP contribution in [0.2, 0.25) is 0 Å². The van der Waals surface area contributed by atoms with E-state index < -0.39 is 47.8 Å². The van der Waals surface area contributed by atoms with E-state index >= 15 is 0 Å². The SMILES string of the molecule is CC(C)C[C@H](NC(=O)[C@@H](N)CCCN=C(N)N)C(=O)N[C@@H](CCCN=C(N)N)C(=O)N[C@H](Cc1ccc(O)cc1)C(N)=O. The van der Waals surface area contributed by atoms with Gasteiger partial charge in [0, 0.05) is 19.5 Å². The maximum Gasteiger partial charge on any atom is 0.243 e. The third-order valence-electron chi connectivity index (χ3n) is 6.26. The number of nitrogens with two attached hydrogens (primary N) is 6. The molecule has 1 aromatic carbocycles. The summed E-state index contributed by atoms with van der Waals surface area (Å²) < 4.78 is 0. The quantitative estimate of drug-likeness (QED) is 0.0443. The van der Waals surface area contributed by atoms with Crippen LogP contribution in [-0.4, -0.2) is 77.9 Å². The van der Waals surface area contributed by atoms with Crippen molar-refractivity contribution in [1.82, 2.24) is 16.0 Å². The number of hydrogen-bond donors (Lipinski definition) is 10. The molecule has 4 atom stereocenters. The molecule has 16 heteroatoms. The van der Waals surface area contributed by atoms with E-state index in [1.54, 1.807) is 12.1 Å². The zero-order chi connectivity index (χ0) is 32.5. The fourth-order valence-corrected chi connectivity index (χ4v) is 4.04. The van der Waals surface area contributed by atoms with E-state index in [2.05, 4.69) is 25.9 Å². The lowest BCUT2D eigenvalue weighted by molar-refractivity contribution is -0.134. The van der Waals surface area contributed by atoms with Gasteiger partial charge in [-0.2, -0.15) is 0 Å². The van der Waals surface area contributed by atoms with E-state index in [1.165, 1.54) is 12.1 Å². The smallest absolute Gasteiger partial charge is 0.243 e. The van der Waals surface area contributed by atoms with Crippen LogP contribution in [0.4, 0.5) is 0 Å². The van der Waals surface area contributed by atoms with E-state index in [4.69, 9.17) is 34.4 Å². The minimum Gasteiger partial charge on any atom is -0.508 e. The molecule has 0 aliphatic heterocycles. The molecule has 43 heavy (non-hydrogen) atoms. The van der Waals surface area contributed by atoms with Gasteiger partial charge in [0.2, 0.25) is 23.6 Å². The van der Waals surface area contributed by atoms with Gasteiger partial charge in [-0.1, -0.05) is 26.0 Å². The Bertz CT molecular complexity index is 1120. The lowest BCUT2D eigenvalue weighted by Gasteiger charge is -2.26. The Labute approximate surface area is 251 Å². The van der Waals surface area contributed by atoms with Crippen LogP contribution >= 0.6 is 0 Å². The van der Waals surface area contributed by atoms with Crippen LogP contribution in [0.5, 0.6) is 5.75 Å². The molecule has 240 valence electrons. The molecule has 1 aromatic rings. The first kappa shape index (κ1) is 36.4. The van der Waals surface area contributed by atoms with Crippen LogP contribution in [0.15, 0.2) is 34.3 Å². The number of benzene rings is 1. The largest absolute Gasteiger partial charge is 0.508 e. The molecule has 0 spiro atoms. The summed E-state index contributed by atoms with van der Waals surface area (Å²) in [5.74, 6) is -2.73. The van der Waals surface area contributed by atoms with Crippen LogP contribution in [0.25, 0.3) is 0 Å². The summed E-state index contributed by atoms with van der Waals surface area (Å²) in [7, 11) is 0. The van der Waals surface area contributed by atoms with Crippen molar-refractivity contribution in [2.45, 2.75) is 76.5 Å². The van der Waals surface area contributed by atoms with Crippen molar-refractivity contribution in [2.24, 2.45) is 50.3 Å². The molecule has 16 N–H and O–H groups in total. The van der Waals surface area contributed by atoms with Crippen LogP contribution in [0.3, 0.4) is 0 Å². The summed E-state index contributed by atoms with van der Waals surface area (Å²) in [4.78, 5) is 59.5. The topological polar surface area (TPSA) is 305 Å². The molecule has 16 nitrogen and oxygen atoms in total. The van der Waals surface area contributed by atoms with Gasteiger partial charge in [-0.25, -0.2) is 0 Å². The van der Waals surface area contributed by atoms with Gasteiger partial charge in [0.15, 0.2) is 11.9 Å². The van der Waals surface area contributed by atoms with Crippen molar-refractivity contribution in [1.29, 1.82) is 0 Å². The van der Waals surface area contributed by atoms with Crippen molar-refractivity contribution >= 4 is 35.5 Å². The van der Waals surface area contributed by atoms with Crippen molar-refractivity contribution < 1.29 is 24.3 Å². The number of carbonyl (C=O) groups is 4. The average Bonchev–Trinajstić information content (AvgIpc) is 2.92. The summed E-state index contributed by atoms with van der Waals surface area (Å²) in [6.45, 7) is 4.24. The Hall–Kier alpha value is -4.60. The number of rotatable bonds is 19. The van der Waals surface area contributed by atoms with Gasteiger partial charge in [-0.05, 0) is 55.7 Å². The summed E-state index contributed by atoms with van der Waals surface area (Å²) in [6.07, 6.45) is 1.50. The zero-order valence-electron chi connectivity index (χ0n) is 24.8. The number of guanidine groups is 2. The monoisotopic (exact) mass is 605 g/mol. The second-order valence-electron chi connectivity index (χ2n) is 10.6. The molecule has 0 saturated carbocycles. The predicted octanol–water partition coefficient (Wildman–Crippen LogP) is -2.65. The van der Waals surface area contributed by atoms with E-state index in [1.807, 2.05) is 13.8 Å². The summed E-state index contributed by atoms with van der Waals surface area (Å²) in [5, 5.41) is 17.5. The molecule has 0 saturated heterocycles. The van der Waals surface area contributed by atoms with Crippen molar-refractivity contribution in [3.63, 3.8) is 0 Å². The van der Waals surface area contributed by atoms with E-state index in [0.29, 0.717) is 24.9 Å². The minimum absolute atomic E-state index is 0.00726. The number of phenols is 1. The zero-order valence-corrected chi connectivity index (χ0v) is 24.8. The number of carbonyl (C=O) groups excluding carboxylic acids is 4. The Morgan fingerprint density at radius 1 is 0.744 bits per heavy atom. The maximum absolute atomic E-state index is 13.4. The Morgan fingerprint density at radius 2 is 1.23 bits per heavy atom. The number of aliphatic imine (C=N–C) groups is 2. The van der Waals surface area contributed by atoms with Crippen LogP contribution in [-0.2, 0) is 25.6 Å². The second kappa shape index (κ2) is 18.8. The van der Waals surface area contributed by atoms with Gasteiger partial charge >= 0.3 is 0 Å². The Kier molecular flexibility index (Phi) is 15.9. The third-order valence-corrected chi connectivity index (χ3v) is 6.26. The van der Waals surface area contributed by atoms with E-state index in [-0.39, 0.29) is 55.8 Å². The first-order valence-corrected chi connectivity index (χ1v) is 14.0. The first-order valence-electron chi connectivity index (χ1n) is 14.0. The van der Waals surface area contributed by atoms with Crippen LogP contribution in [0, 0.1) is 5.92 Å². The molecule has 0 radical (unpaired) electrons. The summed E-state index contributed by atoms with van der Waals surface area (Å²) >= 11 is 0. The number of primary amides is 1. The molecule has 0 aliphatic rings. The molecule has 0 heterocycles. The number of nitrogens with one attached hydrogen (secondary N) is 3. The number of aromatic hydroxyl groups is 1. The standard InChI is InChI=1S/C27H47N11O5/c1-15(2)13-21(38-23(41)18(28)5-3-11-34-26(30)31)25(43)36-19(6-4-12-35-27(32)33)24(42)37-20(22(29)40)14-16-7-9-17(39)10-8-16/h7-10,15,18-21,39H,3-6,11-14,28H2,1-2H3,(H2,29,40)(H,36,43)(H,37,42)(H,38,41)(H4,30,31,34)(H4,32,33,35)/t18-,19-,20+,21-/m0/s1. The molecule has 0 unspecified atom stereocenters. The number of phenolic OH excluding ortho intramolecular Hbond substituents is 1. The van der Waals surface area contributed by atoms with Gasteiger partial charge in [0.25, 0.3) is 0 Å². The lowest BCUT2D eigenvalue weighted by Crippen LogP contribution is -2.58. The highest BCUT2D eigenvalue weighted by Gasteiger charge is 2.30. The fraction of sp³-hybridized carbons (Fsp3) is 0.556. The van der Waals surface area contributed by atoms with E-state index in [9.17, 15) is 24.3 Å². The minimum atomic E-state index is -1.11. The molecule has 0 bridgehead atoms. The van der Waals surface area contributed by atoms with Gasteiger partial charge in [-0.3, -0.25) is 29.2 Å². The van der Waals surface area contributed by atoms with Crippen molar-refractivity contribution in [3.05, 3.63) is 29.8 Å². The molecule has 1 rings (SSSR count). The predicted molar refractivity (Wildman–Crippen MR) is 164 cm³/mol. The summed E-state index contributed by atoms with van der Waals surface area (Å²) in [5.41, 5.74) is 33.6. The number of nitrogens with zero attached hydrogens (tertiary/aromatic N) is 2. The van der Waals surface area contributed by atoms with Gasteiger partial charge < -0.3 is 55.5 Å². The number of amides is 4. The highest BCUT2D eigenvalue weighted by Crippen LogP contribution is 2.12. The molecule has 0 fully saturated rings. The van der Waals surface area contributed by atoms with Crippen molar-refractivity contribution in [3.8, 4) is 5.75 Å². The first-order chi connectivity index (χ1) is 20.2. The normalized spacial score (nSPS) is 13.6. The highest BCUT2D eigenvalue weighted by atomic mass is 16.3. The number of hydrogen-bond acceptors (Lipinski definition) is 8. The second-order valence-corrected chi connectivity index (χ2v) is 10.6. The van der Waals surface area contributed by atoms with Crippen molar-refractivity contribution in [2.75, 3.05) is 13.1 Å². The molecule has 4 amide bonds. The molecule has 0 aliphatic carbocycles. The van der Waals surface area contributed by atoms with E-state index in [0.717, 1.165) is 0 Å². The fourth-order valence-electron chi connectivity index (χ4n) is 4.04. The maximum atomic E-state index is 13.4. The van der Waals surface area contributed by atoms with Crippen LogP contribution in [0.1, 0.15) is 51.5 Å². The van der Waals surface area contributed by atoms with Gasteiger partial charge in [0.1, 0.15) is 23.9 Å². The molecular weight excluding hydrogens is 558 g/mol. The molecular formula is C27H47N11O5. The lowest BCUT2D eigenvalue weighted by atomic mass is 10.0. The van der Waals surface area contributed by atoms with Crippen LogP contribution < -0.4 is 50.4 Å². The third kappa shape index (κ3) is 15.3. The van der Waals surface area contributed by atoms with Gasteiger partial charge in [-0.15, -0.1) is 0 Å². The summed E-state index contributed by atoms with van der Waals surface area (Å²) in [6, 6.07) is 1.97. The molecule has 0 aromatic heterocycles. The highest BCUT2D eigenvalue weighted by molar-refractivity contribution is 5.94. The van der Waals surface area contributed by atoms with Gasteiger partial charge in [0.05, 0.1) is 6.04 Å². The Morgan fingerprint density at radius 3 is 1.74 bits per heavy atom. The Balaban J connectivity index is 3.04.